The van der Waals surface area contributed by atoms with Crippen molar-refractivity contribution in [2.45, 2.75) is 0 Å². The molecule has 0 fully saturated rings. The molecule has 0 atom stereocenters. The third-order valence-electron chi connectivity index (χ3n) is 14.2. The molecule has 328 valence electrons. The molecule has 0 aliphatic rings. The molecule has 0 N–H and O–H groups in total. The number of hydrogen-bond acceptors (Lipinski definition) is 5. The average molecular weight is 915 g/mol. The molecule has 0 aliphatic carbocycles. The molecule has 10 heteroatoms. The normalized spacial score (nSPS) is 12.3. The fourth-order valence-electron chi connectivity index (χ4n) is 11.2. The zero-order chi connectivity index (χ0) is 45.9. The molecule has 6 aromatic heterocycles. The van der Waals surface area contributed by atoms with E-state index in [0.29, 0.717) is 11.8 Å². The summed E-state index contributed by atoms with van der Waals surface area (Å²) in [6.45, 7) is 0. The summed E-state index contributed by atoms with van der Waals surface area (Å²) in [5.41, 5.74) is 11.3. The van der Waals surface area contributed by atoms with Gasteiger partial charge < -0.3 is 4.42 Å². The smallest absolute Gasteiger partial charge is 0.239 e. The Hall–Kier alpha value is -9.38. The first-order chi connectivity index (χ1) is 34.7. The number of fused-ring (bicyclic) bond motifs is 13. The minimum Gasteiger partial charge on any atom is -0.456 e. The molecular weight excluding hydrogens is 877 g/mol. The van der Waals surface area contributed by atoms with Crippen LogP contribution in [0.1, 0.15) is 0 Å². The van der Waals surface area contributed by atoms with E-state index in [9.17, 15) is 0 Å². The standard InChI is InChI=1S/C60H38N8OSi/c1-3-18-40(19-4-1)70(41-20-5-2-6-21-41,55-33-17-23-44-43-22-7-16-32-54(43)69-57(44)55)42-36-34-39(35-37-42)47-38-56(67-52-30-14-12-28-50(52)65-48-26-10-8-24-45(48)62-59(65)67)64-58(61-47)68-53-31-15-13-29-51(53)66-49-27-11-9-25-46(49)63-60(66)68/h1-38H. The van der Waals surface area contributed by atoms with Crippen molar-refractivity contribution in [3.63, 3.8) is 0 Å². The Bertz CT molecular complexity index is 4340. The Labute approximate surface area is 400 Å². The largest absolute Gasteiger partial charge is 0.456 e. The van der Waals surface area contributed by atoms with E-state index in [1.54, 1.807) is 0 Å². The van der Waals surface area contributed by atoms with E-state index in [4.69, 9.17) is 24.4 Å². The Morgan fingerprint density at radius 1 is 0.371 bits per heavy atom. The van der Waals surface area contributed by atoms with Crippen molar-refractivity contribution < 1.29 is 4.42 Å². The summed E-state index contributed by atoms with van der Waals surface area (Å²) in [6, 6.07) is 81.6. The fraction of sp³-hybridized carbons (Fsp3) is 0. The summed E-state index contributed by atoms with van der Waals surface area (Å²) in [4.78, 5) is 21.5. The molecule has 0 aliphatic heterocycles. The molecule has 0 saturated carbocycles. The lowest BCUT2D eigenvalue weighted by molar-refractivity contribution is 0.671. The van der Waals surface area contributed by atoms with E-state index in [2.05, 4.69) is 230 Å². The number of imidazole rings is 4. The molecule has 0 saturated heterocycles. The van der Waals surface area contributed by atoms with Crippen LogP contribution in [0.25, 0.3) is 101 Å². The minimum atomic E-state index is -3.07. The molecule has 15 rings (SSSR count). The van der Waals surface area contributed by atoms with Crippen LogP contribution in [0.3, 0.4) is 0 Å². The van der Waals surface area contributed by atoms with Gasteiger partial charge in [-0.25, -0.2) is 19.5 Å². The van der Waals surface area contributed by atoms with Crippen molar-refractivity contribution in [3.05, 3.63) is 231 Å². The molecule has 6 heterocycles. The zero-order valence-electron chi connectivity index (χ0n) is 37.4. The number of benzene rings is 9. The monoisotopic (exact) mass is 914 g/mol. The Morgan fingerprint density at radius 3 is 1.51 bits per heavy atom. The van der Waals surface area contributed by atoms with E-state index in [-0.39, 0.29) is 0 Å². The molecule has 0 unspecified atom stereocenters. The van der Waals surface area contributed by atoms with Crippen LogP contribution in [0.4, 0.5) is 0 Å². The number of rotatable bonds is 7. The lowest BCUT2D eigenvalue weighted by Crippen LogP contribution is -2.74. The number of nitrogens with zero attached hydrogens (tertiary/aromatic N) is 8. The van der Waals surface area contributed by atoms with Crippen LogP contribution >= 0.6 is 0 Å². The molecule has 0 radical (unpaired) electrons. The summed E-state index contributed by atoms with van der Waals surface area (Å²) in [6.07, 6.45) is 0. The molecule has 9 nitrogen and oxygen atoms in total. The highest BCUT2D eigenvalue weighted by Gasteiger charge is 2.43. The lowest BCUT2D eigenvalue weighted by Gasteiger charge is -2.34. The van der Waals surface area contributed by atoms with Gasteiger partial charge in [-0.05, 0) is 75.3 Å². The van der Waals surface area contributed by atoms with Gasteiger partial charge in [-0.1, -0.05) is 170 Å². The molecule has 0 bridgehead atoms. The van der Waals surface area contributed by atoms with Gasteiger partial charge in [0.1, 0.15) is 17.0 Å². The van der Waals surface area contributed by atoms with Crippen LogP contribution in [0, 0.1) is 0 Å². The van der Waals surface area contributed by atoms with Gasteiger partial charge in [-0.2, -0.15) is 4.98 Å². The quantitative estimate of drug-likeness (QED) is 0.117. The van der Waals surface area contributed by atoms with Crippen molar-refractivity contribution in [1.29, 1.82) is 0 Å². The van der Waals surface area contributed by atoms with E-state index < -0.39 is 8.07 Å². The highest BCUT2D eigenvalue weighted by molar-refractivity contribution is 7.20. The average Bonchev–Trinajstić information content (AvgIpc) is 4.24. The molecule has 0 spiro atoms. The van der Waals surface area contributed by atoms with Gasteiger partial charge in [0.05, 0.1) is 49.8 Å². The third kappa shape index (κ3) is 5.41. The maximum atomic E-state index is 6.90. The first kappa shape index (κ1) is 38.7. The molecule has 70 heavy (non-hydrogen) atoms. The van der Waals surface area contributed by atoms with Crippen LogP contribution < -0.4 is 20.7 Å². The summed E-state index contributed by atoms with van der Waals surface area (Å²) in [7, 11) is -3.07. The Balaban J connectivity index is 1.00. The van der Waals surface area contributed by atoms with Crippen LogP contribution in [-0.2, 0) is 0 Å². The van der Waals surface area contributed by atoms with Crippen molar-refractivity contribution in [2.24, 2.45) is 0 Å². The number of hydrogen-bond donors (Lipinski definition) is 0. The van der Waals surface area contributed by atoms with Crippen molar-refractivity contribution in [3.8, 4) is 23.0 Å². The highest BCUT2D eigenvalue weighted by Crippen LogP contribution is 2.34. The van der Waals surface area contributed by atoms with Crippen LogP contribution in [0.2, 0.25) is 0 Å². The van der Waals surface area contributed by atoms with Gasteiger partial charge in [0.15, 0.2) is 8.07 Å². The number of para-hydroxylation sites is 10. The third-order valence-corrected chi connectivity index (χ3v) is 19.0. The predicted molar refractivity (Wildman–Crippen MR) is 285 cm³/mol. The summed E-state index contributed by atoms with van der Waals surface area (Å²) < 4.78 is 15.6. The lowest BCUT2D eigenvalue weighted by atomic mass is 10.1. The molecular formula is C60H38N8OSi. The Morgan fingerprint density at radius 2 is 0.871 bits per heavy atom. The first-order valence-corrected chi connectivity index (χ1v) is 25.5. The van der Waals surface area contributed by atoms with E-state index in [1.165, 1.54) is 20.7 Å². The van der Waals surface area contributed by atoms with Gasteiger partial charge in [0.25, 0.3) is 0 Å². The highest BCUT2D eigenvalue weighted by atomic mass is 28.3. The second-order valence-electron chi connectivity index (χ2n) is 17.9. The van der Waals surface area contributed by atoms with Gasteiger partial charge >= 0.3 is 0 Å². The summed E-state index contributed by atoms with van der Waals surface area (Å²) in [5.74, 6) is 2.69. The number of aromatic nitrogens is 8. The minimum absolute atomic E-state index is 0.499. The van der Waals surface area contributed by atoms with Gasteiger partial charge in [0, 0.05) is 22.4 Å². The van der Waals surface area contributed by atoms with Crippen molar-refractivity contribution >= 4 is 106 Å². The fourth-order valence-corrected chi connectivity index (χ4v) is 16.0. The first-order valence-electron chi connectivity index (χ1n) is 23.5. The van der Waals surface area contributed by atoms with Gasteiger partial charge in [-0.3, -0.25) is 13.4 Å². The van der Waals surface area contributed by atoms with Crippen molar-refractivity contribution in [1.82, 2.24) is 37.9 Å². The predicted octanol–water partition coefficient (Wildman–Crippen LogP) is 10.9. The molecule has 0 amide bonds. The van der Waals surface area contributed by atoms with Gasteiger partial charge in [-0.15, -0.1) is 0 Å². The van der Waals surface area contributed by atoms with Crippen LogP contribution in [0.5, 0.6) is 0 Å². The van der Waals surface area contributed by atoms with Crippen LogP contribution in [-0.4, -0.2) is 45.9 Å². The van der Waals surface area contributed by atoms with E-state index in [1.807, 2.05) is 18.2 Å². The second-order valence-corrected chi connectivity index (χ2v) is 21.6. The van der Waals surface area contributed by atoms with E-state index in [0.717, 1.165) is 88.9 Å². The molecule has 15 aromatic rings. The van der Waals surface area contributed by atoms with E-state index >= 15 is 0 Å². The maximum Gasteiger partial charge on any atom is 0.239 e. The van der Waals surface area contributed by atoms with Crippen LogP contribution in [0.15, 0.2) is 235 Å². The molecule has 9 aromatic carbocycles. The van der Waals surface area contributed by atoms with Crippen molar-refractivity contribution in [2.75, 3.05) is 0 Å². The van der Waals surface area contributed by atoms with Gasteiger partial charge in [0.2, 0.25) is 17.5 Å². The topological polar surface area (TPSA) is 83.4 Å². The summed E-state index contributed by atoms with van der Waals surface area (Å²) in [5, 5.41) is 7.18. The SMILES string of the molecule is c1ccc([Si](c2ccccc2)(c2ccc(-c3cc(-n4c5ccccc5n5c6ccccc6nc45)nc(-n4c5ccccc5n5c6ccccc6nc45)n3)cc2)c2cccc3c2oc2ccccc23)cc1. The summed E-state index contributed by atoms with van der Waals surface area (Å²) >= 11 is 0. The second kappa shape index (κ2) is 14.8. The Kier molecular flexibility index (Phi) is 8.19. The zero-order valence-corrected chi connectivity index (χ0v) is 38.4. The number of furan rings is 1. The maximum absolute atomic E-state index is 6.90.